The van der Waals surface area contributed by atoms with Gasteiger partial charge >= 0.3 is 5.97 Å². The van der Waals surface area contributed by atoms with Gasteiger partial charge in [0.1, 0.15) is 0 Å². The molecule has 24 heavy (non-hydrogen) atoms. The number of carbonyl (C=O) groups excluding carboxylic acids is 2. The van der Waals surface area contributed by atoms with Crippen molar-refractivity contribution in [2.45, 2.75) is 49.6 Å². The fourth-order valence-electron chi connectivity index (χ4n) is 2.58. The summed E-state index contributed by atoms with van der Waals surface area (Å²) in [6.07, 6.45) is 3.12. The number of nitrogens with one attached hydrogen (secondary N) is 2. The second-order valence-electron chi connectivity index (χ2n) is 5.77. The van der Waals surface area contributed by atoms with Gasteiger partial charge in [-0.05, 0) is 45.0 Å². The Morgan fingerprint density at radius 2 is 1.92 bits per heavy atom. The molecule has 0 spiro atoms. The third-order valence-corrected chi connectivity index (χ3v) is 5.42. The van der Waals surface area contributed by atoms with Crippen LogP contribution in [0.2, 0.25) is 0 Å². The summed E-state index contributed by atoms with van der Waals surface area (Å²) in [7, 11) is -2.36. The topological polar surface area (TPSA) is 102 Å². The van der Waals surface area contributed by atoms with E-state index in [1.807, 2.05) is 0 Å². The summed E-state index contributed by atoms with van der Waals surface area (Å²) < 4.78 is 30.9. The highest BCUT2D eigenvalue weighted by Gasteiger charge is 2.24. The van der Waals surface area contributed by atoms with E-state index in [9.17, 15) is 18.0 Å². The van der Waals surface area contributed by atoms with Crippen molar-refractivity contribution in [2.24, 2.45) is 0 Å². The van der Waals surface area contributed by atoms with Crippen LogP contribution >= 0.6 is 0 Å². The van der Waals surface area contributed by atoms with Crippen molar-refractivity contribution >= 4 is 21.9 Å². The van der Waals surface area contributed by atoms with Crippen LogP contribution in [0, 0.1) is 0 Å². The van der Waals surface area contributed by atoms with Crippen LogP contribution in [0.15, 0.2) is 29.2 Å². The SMILES string of the molecule is CNS(=O)(=O)c1cccc(C(=O)OC(C)C(=O)NC2CCCC2)c1. The molecule has 1 atom stereocenters. The van der Waals surface area contributed by atoms with E-state index >= 15 is 0 Å². The molecule has 2 N–H and O–H groups in total. The van der Waals surface area contributed by atoms with Crippen LogP contribution in [0.25, 0.3) is 0 Å². The maximum absolute atomic E-state index is 12.1. The van der Waals surface area contributed by atoms with E-state index < -0.39 is 22.1 Å². The van der Waals surface area contributed by atoms with E-state index in [4.69, 9.17) is 4.74 Å². The first kappa shape index (κ1) is 18.4. The molecule has 0 bridgehead atoms. The van der Waals surface area contributed by atoms with Crippen molar-refractivity contribution in [3.8, 4) is 0 Å². The third-order valence-electron chi connectivity index (χ3n) is 4.00. The van der Waals surface area contributed by atoms with Gasteiger partial charge in [-0.1, -0.05) is 18.9 Å². The van der Waals surface area contributed by atoms with Crippen molar-refractivity contribution in [2.75, 3.05) is 7.05 Å². The molecule has 8 heteroatoms. The summed E-state index contributed by atoms with van der Waals surface area (Å²) in [5.41, 5.74) is 0.0758. The summed E-state index contributed by atoms with van der Waals surface area (Å²) in [5, 5.41) is 2.86. The van der Waals surface area contributed by atoms with E-state index in [-0.39, 0.29) is 22.4 Å². The van der Waals surface area contributed by atoms with E-state index in [0.29, 0.717) is 0 Å². The van der Waals surface area contributed by atoms with E-state index in [2.05, 4.69) is 10.0 Å². The average Bonchev–Trinajstić information content (AvgIpc) is 3.07. The first-order valence-electron chi connectivity index (χ1n) is 7.88. The number of carbonyl (C=O) groups is 2. The zero-order valence-corrected chi connectivity index (χ0v) is 14.6. The molecule has 1 amide bonds. The Balaban J connectivity index is 2.01. The van der Waals surface area contributed by atoms with Crippen LogP contribution in [0.4, 0.5) is 0 Å². The van der Waals surface area contributed by atoms with Crippen molar-refractivity contribution in [1.29, 1.82) is 0 Å². The molecule has 1 aromatic rings. The molecular weight excluding hydrogens is 332 g/mol. The van der Waals surface area contributed by atoms with Crippen LogP contribution < -0.4 is 10.0 Å². The van der Waals surface area contributed by atoms with Gasteiger partial charge in [0.2, 0.25) is 10.0 Å². The quantitative estimate of drug-likeness (QED) is 0.748. The normalized spacial score (nSPS) is 16.6. The smallest absolute Gasteiger partial charge is 0.338 e. The number of rotatable bonds is 6. The van der Waals surface area contributed by atoms with Crippen LogP contribution in [0.1, 0.15) is 43.0 Å². The van der Waals surface area contributed by atoms with Gasteiger partial charge < -0.3 is 10.1 Å². The summed E-state index contributed by atoms with van der Waals surface area (Å²) in [5.74, 6) is -1.08. The minimum atomic E-state index is -3.65. The molecule has 132 valence electrons. The van der Waals surface area contributed by atoms with Gasteiger partial charge in [0.05, 0.1) is 10.5 Å². The average molecular weight is 354 g/mol. The number of amides is 1. The maximum atomic E-state index is 12.1. The highest BCUT2D eigenvalue weighted by Crippen LogP contribution is 2.18. The lowest BCUT2D eigenvalue weighted by Gasteiger charge is -2.17. The highest BCUT2D eigenvalue weighted by molar-refractivity contribution is 7.89. The van der Waals surface area contributed by atoms with Gasteiger partial charge in [-0.25, -0.2) is 17.9 Å². The highest BCUT2D eigenvalue weighted by atomic mass is 32.2. The Morgan fingerprint density at radius 3 is 2.54 bits per heavy atom. The molecule has 0 aliphatic heterocycles. The van der Waals surface area contributed by atoms with E-state index in [1.165, 1.54) is 38.2 Å². The Kier molecular flexibility index (Phi) is 5.95. The van der Waals surface area contributed by atoms with Crippen molar-refractivity contribution < 1.29 is 22.7 Å². The van der Waals surface area contributed by atoms with Gasteiger partial charge in [0, 0.05) is 6.04 Å². The molecule has 0 heterocycles. The van der Waals surface area contributed by atoms with Crippen LogP contribution in [0.3, 0.4) is 0 Å². The minimum absolute atomic E-state index is 0.0393. The van der Waals surface area contributed by atoms with Crippen molar-refractivity contribution in [3.63, 3.8) is 0 Å². The molecule has 1 fully saturated rings. The Bertz CT molecular complexity index is 711. The monoisotopic (exact) mass is 354 g/mol. The van der Waals surface area contributed by atoms with Crippen LogP contribution in [-0.2, 0) is 19.6 Å². The molecule has 0 radical (unpaired) electrons. The van der Waals surface area contributed by atoms with Gasteiger partial charge in [-0.2, -0.15) is 0 Å². The second-order valence-corrected chi connectivity index (χ2v) is 7.66. The standard InChI is InChI=1S/C16H22N2O5S/c1-11(15(19)18-13-7-3-4-8-13)23-16(20)12-6-5-9-14(10-12)24(21,22)17-2/h5-6,9-11,13,17H,3-4,7-8H2,1-2H3,(H,18,19). The summed E-state index contributed by atoms with van der Waals surface area (Å²) in [4.78, 5) is 24.2. The molecule has 1 aromatic carbocycles. The Morgan fingerprint density at radius 1 is 1.25 bits per heavy atom. The number of hydrogen-bond acceptors (Lipinski definition) is 5. The Hall–Kier alpha value is -1.93. The van der Waals surface area contributed by atoms with E-state index in [1.54, 1.807) is 0 Å². The number of esters is 1. The van der Waals surface area contributed by atoms with Crippen LogP contribution in [-0.4, -0.2) is 39.5 Å². The molecule has 1 aliphatic rings. The molecule has 7 nitrogen and oxygen atoms in total. The van der Waals surface area contributed by atoms with E-state index in [0.717, 1.165) is 25.7 Å². The largest absolute Gasteiger partial charge is 0.449 e. The lowest BCUT2D eigenvalue weighted by molar-refractivity contribution is -0.129. The molecular formula is C16H22N2O5S. The number of sulfonamides is 1. The number of hydrogen-bond donors (Lipinski definition) is 2. The zero-order valence-electron chi connectivity index (χ0n) is 13.7. The van der Waals surface area contributed by atoms with Gasteiger partial charge in [0.25, 0.3) is 5.91 Å². The molecule has 1 aliphatic carbocycles. The third kappa shape index (κ3) is 4.55. The fraction of sp³-hybridized carbons (Fsp3) is 0.500. The second kappa shape index (κ2) is 7.76. The summed E-state index contributed by atoms with van der Waals surface area (Å²) in [6, 6.07) is 5.62. The van der Waals surface area contributed by atoms with Crippen molar-refractivity contribution in [1.82, 2.24) is 10.0 Å². The predicted octanol–water partition coefficient (Wildman–Crippen LogP) is 1.20. The summed E-state index contributed by atoms with van der Waals surface area (Å²) >= 11 is 0. The molecule has 1 saturated carbocycles. The molecule has 2 rings (SSSR count). The molecule has 0 aromatic heterocycles. The zero-order chi connectivity index (χ0) is 17.7. The minimum Gasteiger partial charge on any atom is -0.449 e. The lowest BCUT2D eigenvalue weighted by atomic mass is 10.2. The lowest BCUT2D eigenvalue weighted by Crippen LogP contribution is -2.40. The number of ether oxygens (including phenoxy) is 1. The van der Waals surface area contributed by atoms with Gasteiger partial charge in [-0.3, -0.25) is 4.79 Å². The van der Waals surface area contributed by atoms with Gasteiger partial charge in [0.15, 0.2) is 6.10 Å². The van der Waals surface area contributed by atoms with Gasteiger partial charge in [-0.15, -0.1) is 0 Å². The number of benzene rings is 1. The van der Waals surface area contributed by atoms with Crippen LogP contribution in [0.5, 0.6) is 0 Å². The first-order valence-corrected chi connectivity index (χ1v) is 9.37. The summed E-state index contributed by atoms with van der Waals surface area (Å²) in [6.45, 7) is 1.50. The predicted molar refractivity (Wildman–Crippen MR) is 88.0 cm³/mol. The maximum Gasteiger partial charge on any atom is 0.338 e. The molecule has 1 unspecified atom stereocenters. The fourth-order valence-corrected chi connectivity index (χ4v) is 3.35. The van der Waals surface area contributed by atoms with Crippen molar-refractivity contribution in [3.05, 3.63) is 29.8 Å². The Labute approximate surface area is 141 Å². The first-order chi connectivity index (χ1) is 11.3. The molecule has 0 saturated heterocycles.